The Bertz CT molecular complexity index is 3810. The largest absolute Gasteiger partial charge is 0.308 e. The van der Waals surface area contributed by atoms with Crippen LogP contribution in [0.2, 0.25) is 0 Å². The van der Waals surface area contributed by atoms with Gasteiger partial charge in [0.15, 0.2) is 0 Å². The summed E-state index contributed by atoms with van der Waals surface area (Å²) in [6.45, 7) is 0. The van der Waals surface area contributed by atoms with E-state index in [4.69, 9.17) is 0 Å². The number of anilines is 3. The van der Waals surface area contributed by atoms with Crippen LogP contribution in [0, 0.1) is 0 Å². The van der Waals surface area contributed by atoms with E-state index < -0.39 is 5.41 Å². The van der Waals surface area contributed by atoms with E-state index >= 15 is 0 Å². The SMILES string of the molecule is c1ccc(-c2ccccc2N(c2cccc3c2-c2ccccc2C3(c2ccccc2)c2ccccc2)c2c(-c3cccc(-c4cccc5ccccc45)c3)c3ccccc3c3ccccc23)cc1. The molecule has 0 aliphatic heterocycles. The highest BCUT2D eigenvalue weighted by atomic mass is 15.2. The summed E-state index contributed by atoms with van der Waals surface area (Å²) in [6.07, 6.45) is 0. The van der Waals surface area contributed by atoms with E-state index in [0.29, 0.717) is 0 Å². The lowest BCUT2D eigenvalue weighted by Crippen LogP contribution is -2.28. The average molecular weight is 864 g/mol. The summed E-state index contributed by atoms with van der Waals surface area (Å²) in [5.74, 6) is 0. The van der Waals surface area contributed by atoms with E-state index in [1.165, 1.54) is 82.4 Å². The second-order valence-electron chi connectivity index (χ2n) is 17.9. The van der Waals surface area contributed by atoms with E-state index in [0.717, 1.165) is 33.8 Å². The van der Waals surface area contributed by atoms with Gasteiger partial charge < -0.3 is 4.90 Å². The summed E-state index contributed by atoms with van der Waals surface area (Å²) >= 11 is 0. The maximum absolute atomic E-state index is 2.62. The van der Waals surface area contributed by atoms with Crippen LogP contribution in [0.3, 0.4) is 0 Å². The molecule has 1 heteroatoms. The molecule has 12 aromatic carbocycles. The molecule has 0 saturated carbocycles. The number of hydrogen-bond acceptors (Lipinski definition) is 1. The Balaban J connectivity index is 1.20. The quantitative estimate of drug-likeness (QED) is 0.138. The normalized spacial score (nSPS) is 12.5. The molecule has 1 nitrogen and oxygen atoms in total. The Morgan fingerprint density at radius 2 is 0.735 bits per heavy atom. The van der Waals surface area contributed by atoms with Crippen molar-refractivity contribution in [3.63, 3.8) is 0 Å². The molecule has 0 radical (unpaired) electrons. The minimum Gasteiger partial charge on any atom is -0.308 e. The molecule has 0 heterocycles. The fraction of sp³-hybridized carbons (Fsp3) is 0.0149. The molecular formula is C67H45N. The van der Waals surface area contributed by atoms with Crippen molar-refractivity contribution in [1.82, 2.24) is 0 Å². The van der Waals surface area contributed by atoms with Crippen molar-refractivity contribution in [1.29, 1.82) is 0 Å². The van der Waals surface area contributed by atoms with Gasteiger partial charge in [-0.05, 0) is 95.2 Å². The lowest BCUT2D eigenvalue weighted by Gasteiger charge is -2.35. The lowest BCUT2D eigenvalue weighted by molar-refractivity contribution is 0.768. The van der Waals surface area contributed by atoms with Crippen molar-refractivity contribution in [2.75, 3.05) is 4.90 Å². The molecule has 1 aliphatic rings. The number of fused-ring (bicyclic) bond motifs is 7. The van der Waals surface area contributed by atoms with Crippen LogP contribution in [0.4, 0.5) is 17.1 Å². The summed E-state index contributed by atoms with van der Waals surface area (Å²) in [7, 11) is 0. The zero-order valence-corrected chi connectivity index (χ0v) is 37.4. The zero-order chi connectivity index (χ0) is 45.0. The monoisotopic (exact) mass is 863 g/mol. The first kappa shape index (κ1) is 39.6. The van der Waals surface area contributed by atoms with Crippen LogP contribution >= 0.6 is 0 Å². The summed E-state index contributed by atoms with van der Waals surface area (Å²) in [5.41, 5.74) is 17.4. The second-order valence-corrected chi connectivity index (χ2v) is 17.9. The van der Waals surface area contributed by atoms with Gasteiger partial charge in [-0.2, -0.15) is 0 Å². The van der Waals surface area contributed by atoms with Gasteiger partial charge in [0.25, 0.3) is 0 Å². The number of nitrogens with zero attached hydrogens (tertiary/aromatic N) is 1. The molecule has 0 N–H and O–H groups in total. The first-order valence-corrected chi connectivity index (χ1v) is 23.6. The van der Waals surface area contributed by atoms with Gasteiger partial charge in [-0.1, -0.05) is 255 Å². The predicted octanol–water partition coefficient (Wildman–Crippen LogP) is 18.0. The van der Waals surface area contributed by atoms with Crippen LogP contribution in [-0.2, 0) is 5.41 Å². The Kier molecular flexibility index (Phi) is 9.47. The summed E-state index contributed by atoms with van der Waals surface area (Å²) in [5, 5.41) is 7.30. The summed E-state index contributed by atoms with van der Waals surface area (Å²) in [6, 6.07) is 101. The topological polar surface area (TPSA) is 3.24 Å². The number of rotatable bonds is 8. The average Bonchev–Trinajstić information content (AvgIpc) is 3.73. The Labute approximate surface area is 397 Å². The standard InChI is InChI=1S/C67H45N/c1-4-23-47(24-5-1)54-34-17-19-43-62(54)68(63-44-22-42-61-65(63)59-39-16-18-41-60(59)67(61,50-29-6-2-7-30-50)51-31-8-3-9-32-51)66-58-38-15-13-36-56(58)55-35-12-14-37-57(55)64(66)49-28-20-27-48(45-49)53-40-21-26-46-25-10-11-33-52(46)53/h1-45H. The van der Waals surface area contributed by atoms with Crippen molar-refractivity contribution >= 4 is 49.4 Å². The number of hydrogen-bond donors (Lipinski definition) is 0. The van der Waals surface area contributed by atoms with Crippen LogP contribution < -0.4 is 4.90 Å². The fourth-order valence-electron chi connectivity index (χ4n) is 11.5. The Morgan fingerprint density at radius 3 is 1.49 bits per heavy atom. The van der Waals surface area contributed by atoms with Crippen molar-refractivity contribution in [3.05, 3.63) is 295 Å². The third-order valence-electron chi connectivity index (χ3n) is 14.3. The minimum atomic E-state index is -0.573. The molecule has 13 rings (SSSR count). The van der Waals surface area contributed by atoms with E-state index in [1.807, 2.05) is 0 Å². The molecule has 0 bridgehead atoms. The smallest absolute Gasteiger partial charge is 0.0714 e. The van der Waals surface area contributed by atoms with Gasteiger partial charge in [0.05, 0.1) is 22.5 Å². The first-order valence-electron chi connectivity index (χ1n) is 23.6. The number of benzene rings is 12. The van der Waals surface area contributed by atoms with Crippen LogP contribution in [0.5, 0.6) is 0 Å². The molecule has 318 valence electrons. The molecule has 1 aliphatic carbocycles. The Hall–Kier alpha value is -8.78. The summed E-state index contributed by atoms with van der Waals surface area (Å²) < 4.78 is 0. The molecule has 0 fully saturated rings. The van der Waals surface area contributed by atoms with E-state index in [-0.39, 0.29) is 0 Å². The molecule has 0 saturated heterocycles. The predicted molar refractivity (Wildman–Crippen MR) is 287 cm³/mol. The third-order valence-corrected chi connectivity index (χ3v) is 14.3. The molecule has 0 unspecified atom stereocenters. The van der Waals surface area contributed by atoms with Crippen molar-refractivity contribution < 1.29 is 0 Å². The van der Waals surface area contributed by atoms with Gasteiger partial charge in [-0.25, -0.2) is 0 Å². The van der Waals surface area contributed by atoms with E-state index in [9.17, 15) is 0 Å². The highest BCUT2D eigenvalue weighted by molar-refractivity contribution is 6.23. The molecule has 0 aromatic heterocycles. The fourth-order valence-corrected chi connectivity index (χ4v) is 11.5. The van der Waals surface area contributed by atoms with Gasteiger partial charge in [-0.3, -0.25) is 0 Å². The highest BCUT2D eigenvalue weighted by Gasteiger charge is 2.47. The zero-order valence-electron chi connectivity index (χ0n) is 37.4. The third kappa shape index (κ3) is 6.10. The maximum Gasteiger partial charge on any atom is 0.0714 e. The van der Waals surface area contributed by atoms with Crippen molar-refractivity contribution in [3.8, 4) is 44.5 Å². The minimum absolute atomic E-state index is 0.573. The van der Waals surface area contributed by atoms with Gasteiger partial charge in [-0.15, -0.1) is 0 Å². The van der Waals surface area contributed by atoms with Gasteiger partial charge in [0.2, 0.25) is 0 Å². The molecule has 0 spiro atoms. The molecule has 12 aromatic rings. The Morgan fingerprint density at radius 1 is 0.265 bits per heavy atom. The summed E-state index contributed by atoms with van der Waals surface area (Å²) in [4.78, 5) is 2.62. The van der Waals surface area contributed by atoms with Crippen LogP contribution in [0.25, 0.3) is 76.8 Å². The van der Waals surface area contributed by atoms with Gasteiger partial charge in [0.1, 0.15) is 0 Å². The highest BCUT2D eigenvalue weighted by Crippen LogP contribution is 2.61. The van der Waals surface area contributed by atoms with Crippen molar-refractivity contribution in [2.24, 2.45) is 0 Å². The maximum atomic E-state index is 2.62. The van der Waals surface area contributed by atoms with Gasteiger partial charge >= 0.3 is 0 Å². The molecule has 0 atom stereocenters. The number of para-hydroxylation sites is 1. The molecule has 68 heavy (non-hydrogen) atoms. The van der Waals surface area contributed by atoms with Crippen LogP contribution in [-0.4, -0.2) is 0 Å². The first-order chi connectivity index (χ1) is 33.8. The van der Waals surface area contributed by atoms with E-state index in [2.05, 4.69) is 278 Å². The van der Waals surface area contributed by atoms with E-state index in [1.54, 1.807) is 0 Å². The van der Waals surface area contributed by atoms with Crippen LogP contribution in [0.15, 0.2) is 273 Å². The second kappa shape index (κ2) is 16.3. The van der Waals surface area contributed by atoms with Crippen LogP contribution in [0.1, 0.15) is 22.3 Å². The molecule has 0 amide bonds. The molecular weight excluding hydrogens is 819 g/mol. The van der Waals surface area contributed by atoms with Gasteiger partial charge in [0, 0.05) is 22.1 Å². The lowest BCUT2D eigenvalue weighted by atomic mass is 9.68. The van der Waals surface area contributed by atoms with Crippen molar-refractivity contribution in [2.45, 2.75) is 5.41 Å².